The molecule has 8 aliphatic rings. The number of hydrogen-bond donors (Lipinski definition) is 0. The Morgan fingerprint density at radius 3 is 0.912 bits per heavy atom. The van der Waals surface area contributed by atoms with E-state index in [0.717, 1.165) is 35.5 Å². The zero-order valence-electron chi connectivity index (χ0n) is 20.2. The van der Waals surface area contributed by atoms with Crippen molar-refractivity contribution in [3.05, 3.63) is 49.1 Å². The van der Waals surface area contributed by atoms with E-state index in [4.69, 9.17) is 0 Å². The number of rotatable bonds is 3. The maximum Gasteiger partial charge on any atom is 0.169 e. The molecule has 0 aromatic carbocycles. The van der Waals surface area contributed by atoms with Gasteiger partial charge >= 0.3 is 0 Å². The van der Waals surface area contributed by atoms with Crippen molar-refractivity contribution in [3.63, 3.8) is 0 Å². The van der Waals surface area contributed by atoms with Crippen LogP contribution in [0.15, 0.2) is 49.1 Å². The summed E-state index contributed by atoms with van der Waals surface area (Å²) in [6.07, 6.45) is 27.4. The first kappa shape index (κ1) is 23.3. The van der Waals surface area contributed by atoms with E-state index in [0.29, 0.717) is 11.1 Å². The Bertz CT molecular complexity index is 888. The number of halogens is 2. The molecule has 8 saturated carbocycles. The van der Waals surface area contributed by atoms with Crippen LogP contribution in [0, 0.1) is 35.5 Å². The lowest BCUT2D eigenvalue weighted by Crippen LogP contribution is -3.00. The lowest BCUT2D eigenvalue weighted by molar-refractivity contribution is -0.777. The molecule has 8 fully saturated rings. The number of aromatic nitrogens is 2. The van der Waals surface area contributed by atoms with E-state index in [1.807, 2.05) is 0 Å². The summed E-state index contributed by atoms with van der Waals surface area (Å²) in [5.41, 5.74) is 3.63. The molecule has 2 heterocycles. The maximum atomic E-state index is 2.62. The minimum atomic E-state index is 0. The largest absolute Gasteiger partial charge is 1.00 e. The molecule has 2 nitrogen and oxygen atoms in total. The lowest BCUT2D eigenvalue weighted by Gasteiger charge is -2.53. The molecule has 4 heteroatoms. The van der Waals surface area contributed by atoms with E-state index in [1.54, 1.807) is 0 Å². The quantitative estimate of drug-likeness (QED) is 0.519. The van der Waals surface area contributed by atoms with Crippen molar-refractivity contribution in [1.82, 2.24) is 0 Å². The third-order valence-electron chi connectivity index (χ3n) is 11.1. The highest BCUT2D eigenvalue weighted by molar-refractivity contribution is 5.61. The van der Waals surface area contributed by atoms with Crippen molar-refractivity contribution in [3.8, 4) is 11.1 Å². The molecule has 0 atom stereocenters. The minimum absolute atomic E-state index is 0. The van der Waals surface area contributed by atoms with Crippen LogP contribution in [-0.2, 0) is 11.1 Å². The molecule has 182 valence electrons. The van der Waals surface area contributed by atoms with Crippen LogP contribution in [0.3, 0.4) is 0 Å². The van der Waals surface area contributed by atoms with Crippen molar-refractivity contribution in [2.24, 2.45) is 35.5 Å². The summed E-state index contributed by atoms with van der Waals surface area (Å²) >= 11 is 0. The van der Waals surface area contributed by atoms with Gasteiger partial charge in [0.05, 0.1) is 0 Å². The second-order valence-electron chi connectivity index (χ2n) is 13.3. The molecule has 8 bridgehead atoms. The Kier molecular flexibility index (Phi) is 5.62. The molecular formula is C30H38Cl2N2. The van der Waals surface area contributed by atoms with Crippen LogP contribution in [0.1, 0.15) is 77.0 Å². The fourth-order valence-electron chi connectivity index (χ4n) is 10.6. The van der Waals surface area contributed by atoms with Gasteiger partial charge in [-0.15, -0.1) is 0 Å². The summed E-state index contributed by atoms with van der Waals surface area (Å²) in [6, 6.07) is 9.57. The summed E-state index contributed by atoms with van der Waals surface area (Å²) in [6.45, 7) is 0. The van der Waals surface area contributed by atoms with Gasteiger partial charge in [0.25, 0.3) is 0 Å². The van der Waals surface area contributed by atoms with Crippen molar-refractivity contribution >= 4 is 0 Å². The van der Waals surface area contributed by atoms with E-state index in [2.05, 4.69) is 58.2 Å². The van der Waals surface area contributed by atoms with E-state index < -0.39 is 0 Å². The molecule has 34 heavy (non-hydrogen) atoms. The summed E-state index contributed by atoms with van der Waals surface area (Å²) in [5.74, 6) is 6.01. The number of nitrogens with zero attached hydrogens (tertiary/aromatic N) is 2. The van der Waals surface area contributed by atoms with Gasteiger partial charge in [0.2, 0.25) is 0 Å². The summed E-state index contributed by atoms with van der Waals surface area (Å²) in [5, 5.41) is 0. The van der Waals surface area contributed by atoms with Crippen molar-refractivity contribution in [1.29, 1.82) is 0 Å². The first-order valence-electron chi connectivity index (χ1n) is 13.7. The molecule has 10 rings (SSSR count). The zero-order valence-corrected chi connectivity index (χ0v) is 21.7. The molecule has 0 amide bonds. The Hall–Kier alpha value is -1.12. The highest BCUT2D eigenvalue weighted by atomic mass is 35.5. The topological polar surface area (TPSA) is 7.76 Å². The Balaban J connectivity index is 0.00000109. The van der Waals surface area contributed by atoms with Crippen LogP contribution < -0.4 is 33.9 Å². The molecule has 0 radical (unpaired) electrons. The number of hydrogen-bond acceptors (Lipinski definition) is 0. The van der Waals surface area contributed by atoms with Crippen LogP contribution in [0.4, 0.5) is 0 Å². The first-order chi connectivity index (χ1) is 15.6. The van der Waals surface area contributed by atoms with Crippen molar-refractivity contribution in [2.75, 3.05) is 0 Å². The van der Waals surface area contributed by atoms with Gasteiger partial charge in [-0.1, -0.05) is 0 Å². The van der Waals surface area contributed by atoms with E-state index in [1.165, 1.54) is 88.2 Å². The SMILES string of the molecule is [Cl-].[Cl-].c1c[n+](C23CC4CC(CC(C4)C2)C3)ccc1-c1cc[n+](C23CC4CC(CC(C4)C2)C3)cc1. The van der Waals surface area contributed by atoms with Crippen LogP contribution in [-0.4, -0.2) is 0 Å². The highest BCUT2D eigenvalue weighted by Gasteiger charge is 2.57. The molecular weight excluding hydrogens is 459 g/mol. The smallest absolute Gasteiger partial charge is 0.169 e. The molecule has 2 aromatic rings. The standard InChI is InChI=1S/C30H38N2.2ClH/c1-5-31(29-15-21-9-22(16-29)11-23(10-21)17-29)6-2-27(1)28-3-7-32(8-4-28)30-18-24-12-25(19-30)14-26(13-24)20-30;;/h1-8,21-26H,9-20H2;2*1H/q+2;;/p-2. The van der Waals surface area contributed by atoms with Crippen molar-refractivity contribution in [2.45, 2.75) is 88.1 Å². The summed E-state index contributed by atoms with van der Waals surface area (Å²) in [7, 11) is 0. The number of pyridine rings is 2. The Labute approximate surface area is 217 Å². The van der Waals surface area contributed by atoms with E-state index >= 15 is 0 Å². The molecule has 0 saturated heterocycles. The van der Waals surface area contributed by atoms with Gasteiger partial charge in [0.1, 0.15) is 0 Å². The fraction of sp³-hybridized carbons (Fsp3) is 0.667. The molecule has 0 N–H and O–H groups in total. The van der Waals surface area contributed by atoms with Crippen molar-refractivity contribution < 1.29 is 33.9 Å². The molecule has 2 aromatic heterocycles. The van der Waals surface area contributed by atoms with Gasteiger partial charge in [-0.25, -0.2) is 0 Å². The third kappa shape index (κ3) is 3.49. The van der Waals surface area contributed by atoms with E-state index in [-0.39, 0.29) is 24.8 Å². The summed E-state index contributed by atoms with van der Waals surface area (Å²) < 4.78 is 5.25. The van der Waals surface area contributed by atoms with Crippen LogP contribution in [0.25, 0.3) is 11.1 Å². The Morgan fingerprint density at radius 1 is 0.441 bits per heavy atom. The lowest BCUT2D eigenvalue weighted by atomic mass is 9.53. The highest BCUT2D eigenvalue weighted by Crippen LogP contribution is 2.58. The normalized spacial score (nSPS) is 42.8. The Morgan fingerprint density at radius 2 is 0.676 bits per heavy atom. The fourth-order valence-corrected chi connectivity index (χ4v) is 10.6. The third-order valence-corrected chi connectivity index (χ3v) is 11.1. The minimum Gasteiger partial charge on any atom is -1.00 e. The van der Waals surface area contributed by atoms with Crippen LogP contribution >= 0.6 is 0 Å². The summed E-state index contributed by atoms with van der Waals surface area (Å²) in [4.78, 5) is 0. The average molecular weight is 498 g/mol. The monoisotopic (exact) mass is 496 g/mol. The predicted molar refractivity (Wildman–Crippen MR) is 125 cm³/mol. The van der Waals surface area contributed by atoms with Gasteiger partial charge in [-0.2, -0.15) is 9.13 Å². The van der Waals surface area contributed by atoms with Gasteiger partial charge in [0.15, 0.2) is 35.9 Å². The predicted octanol–water partition coefficient (Wildman–Crippen LogP) is -0.213. The van der Waals surface area contributed by atoms with Gasteiger partial charge in [0, 0.05) is 62.8 Å². The zero-order chi connectivity index (χ0) is 20.9. The second-order valence-corrected chi connectivity index (χ2v) is 13.3. The van der Waals surface area contributed by atoms with E-state index in [9.17, 15) is 0 Å². The van der Waals surface area contributed by atoms with Gasteiger partial charge in [-0.05, 0) is 85.2 Å². The first-order valence-corrected chi connectivity index (χ1v) is 13.7. The van der Waals surface area contributed by atoms with Crippen LogP contribution in [0.2, 0.25) is 0 Å². The molecule has 0 unspecified atom stereocenters. The molecule has 0 spiro atoms. The maximum absolute atomic E-state index is 2.62. The second kappa shape index (κ2) is 8.20. The molecule has 0 aliphatic heterocycles. The van der Waals surface area contributed by atoms with Crippen LogP contribution in [0.5, 0.6) is 0 Å². The molecule has 8 aliphatic carbocycles. The van der Waals surface area contributed by atoms with Gasteiger partial charge in [-0.3, -0.25) is 0 Å². The average Bonchev–Trinajstić information content (AvgIpc) is 2.78. The van der Waals surface area contributed by atoms with Gasteiger partial charge < -0.3 is 24.8 Å².